The lowest BCUT2D eigenvalue weighted by Crippen LogP contribution is -2.41. The highest BCUT2D eigenvalue weighted by Crippen LogP contribution is 2.24. The molecule has 0 fully saturated rings. The van der Waals surface area contributed by atoms with Gasteiger partial charge in [-0.2, -0.15) is 0 Å². The fourth-order valence-electron chi connectivity index (χ4n) is 4.10. The molecule has 190 valence electrons. The molecule has 0 saturated heterocycles. The Kier molecular flexibility index (Phi) is 7.83. The average Bonchev–Trinajstić information content (AvgIpc) is 3.27. The zero-order valence-electron chi connectivity index (χ0n) is 20.9. The SMILES string of the molecule is CCc1nc2ccc(C(=O)Nc3ccc(C(N)=O)cc3)cn2c1N(CC)C(=O)NCCc1ccccc1. The van der Waals surface area contributed by atoms with Gasteiger partial charge in [-0.1, -0.05) is 37.3 Å². The molecule has 37 heavy (non-hydrogen) atoms. The maximum absolute atomic E-state index is 13.2. The number of primary amides is 1. The maximum atomic E-state index is 13.2. The zero-order chi connectivity index (χ0) is 26.4. The van der Waals surface area contributed by atoms with Crippen LogP contribution >= 0.6 is 0 Å². The summed E-state index contributed by atoms with van der Waals surface area (Å²) in [5.41, 5.74) is 9.12. The van der Waals surface area contributed by atoms with E-state index < -0.39 is 5.91 Å². The van der Waals surface area contributed by atoms with Crippen molar-refractivity contribution in [1.82, 2.24) is 14.7 Å². The molecule has 0 atom stereocenters. The van der Waals surface area contributed by atoms with Crippen LogP contribution in [0.4, 0.5) is 16.3 Å². The third kappa shape index (κ3) is 5.78. The molecule has 9 heteroatoms. The molecule has 0 saturated carbocycles. The summed E-state index contributed by atoms with van der Waals surface area (Å²) in [4.78, 5) is 43.8. The number of fused-ring (bicyclic) bond motifs is 1. The van der Waals surface area contributed by atoms with Crippen LogP contribution < -0.4 is 21.3 Å². The lowest BCUT2D eigenvalue weighted by atomic mass is 10.1. The highest BCUT2D eigenvalue weighted by molar-refractivity contribution is 6.04. The van der Waals surface area contributed by atoms with E-state index in [1.165, 1.54) is 0 Å². The van der Waals surface area contributed by atoms with Gasteiger partial charge < -0.3 is 16.4 Å². The molecular formula is C28H30N6O3. The molecule has 2 aromatic carbocycles. The van der Waals surface area contributed by atoms with Gasteiger partial charge in [0.25, 0.3) is 5.91 Å². The largest absolute Gasteiger partial charge is 0.366 e. The number of nitrogens with zero attached hydrogens (tertiary/aromatic N) is 3. The number of rotatable bonds is 9. The zero-order valence-corrected chi connectivity index (χ0v) is 20.9. The van der Waals surface area contributed by atoms with Crippen molar-refractivity contribution in [2.75, 3.05) is 23.3 Å². The number of pyridine rings is 1. The molecule has 0 spiro atoms. The van der Waals surface area contributed by atoms with Crippen molar-refractivity contribution >= 4 is 35.0 Å². The Labute approximate surface area is 215 Å². The van der Waals surface area contributed by atoms with Crippen molar-refractivity contribution in [2.24, 2.45) is 5.73 Å². The topological polar surface area (TPSA) is 122 Å². The number of carbonyl (C=O) groups excluding carboxylic acids is 3. The van der Waals surface area contributed by atoms with Crippen LogP contribution in [0, 0.1) is 0 Å². The van der Waals surface area contributed by atoms with Crippen molar-refractivity contribution < 1.29 is 14.4 Å². The number of hydrogen-bond acceptors (Lipinski definition) is 4. The summed E-state index contributed by atoms with van der Waals surface area (Å²) in [7, 11) is 0. The number of carbonyl (C=O) groups is 3. The number of nitrogens with two attached hydrogens (primary N) is 1. The molecule has 2 aromatic heterocycles. The lowest BCUT2D eigenvalue weighted by molar-refractivity contribution is 0.0998. The van der Waals surface area contributed by atoms with Gasteiger partial charge in [0.1, 0.15) is 11.5 Å². The van der Waals surface area contributed by atoms with E-state index in [1.54, 1.807) is 51.9 Å². The van der Waals surface area contributed by atoms with Crippen LogP contribution in [0.15, 0.2) is 72.9 Å². The van der Waals surface area contributed by atoms with E-state index in [4.69, 9.17) is 5.73 Å². The Hall–Kier alpha value is -4.66. The number of aryl methyl sites for hydroxylation is 1. The molecule has 4 N–H and O–H groups in total. The number of anilines is 2. The number of imidazole rings is 1. The Morgan fingerprint density at radius 2 is 1.65 bits per heavy atom. The summed E-state index contributed by atoms with van der Waals surface area (Å²) in [5, 5.41) is 5.82. The van der Waals surface area contributed by atoms with Crippen molar-refractivity contribution in [3.05, 3.63) is 95.3 Å². The molecule has 4 rings (SSSR count). The average molecular weight is 499 g/mol. The fourth-order valence-corrected chi connectivity index (χ4v) is 4.10. The van der Waals surface area contributed by atoms with Crippen LogP contribution in [0.1, 0.15) is 45.8 Å². The summed E-state index contributed by atoms with van der Waals surface area (Å²) in [6.07, 6.45) is 3.03. The van der Waals surface area contributed by atoms with Gasteiger partial charge in [-0.25, -0.2) is 9.78 Å². The van der Waals surface area contributed by atoms with Crippen molar-refractivity contribution in [3.63, 3.8) is 0 Å². The monoisotopic (exact) mass is 498 g/mol. The molecular weight excluding hydrogens is 468 g/mol. The normalized spacial score (nSPS) is 10.8. The Balaban J connectivity index is 1.56. The molecule has 0 unspecified atom stereocenters. The van der Waals surface area contributed by atoms with Crippen LogP contribution in [-0.4, -0.2) is 40.3 Å². The second-order valence-corrected chi connectivity index (χ2v) is 8.49. The minimum absolute atomic E-state index is 0.223. The first-order valence-corrected chi connectivity index (χ1v) is 12.2. The quantitative estimate of drug-likeness (QED) is 0.323. The van der Waals surface area contributed by atoms with Gasteiger partial charge in [0.2, 0.25) is 5.91 Å². The van der Waals surface area contributed by atoms with Crippen molar-refractivity contribution in [1.29, 1.82) is 0 Å². The highest BCUT2D eigenvalue weighted by Gasteiger charge is 2.23. The summed E-state index contributed by atoms with van der Waals surface area (Å²) in [6, 6.07) is 19.5. The molecule has 4 aromatic rings. The van der Waals surface area contributed by atoms with E-state index >= 15 is 0 Å². The van der Waals surface area contributed by atoms with Crippen LogP contribution in [0.3, 0.4) is 0 Å². The second-order valence-electron chi connectivity index (χ2n) is 8.49. The number of benzene rings is 2. The molecule has 0 aliphatic carbocycles. The van der Waals surface area contributed by atoms with Gasteiger partial charge in [0, 0.05) is 30.5 Å². The summed E-state index contributed by atoms with van der Waals surface area (Å²) in [6.45, 7) is 4.82. The third-order valence-corrected chi connectivity index (χ3v) is 6.04. The smallest absolute Gasteiger partial charge is 0.323 e. The van der Waals surface area contributed by atoms with Crippen molar-refractivity contribution in [2.45, 2.75) is 26.7 Å². The van der Waals surface area contributed by atoms with Gasteiger partial charge in [-0.05, 0) is 61.7 Å². The second kappa shape index (κ2) is 11.4. The van der Waals surface area contributed by atoms with E-state index in [9.17, 15) is 14.4 Å². The van der Waals surface area contributed by atoms with Gasteiger partial charge >= 0.3 is 6.03 Å². The van der Waals surface area contributed by atoms with E-state index in [-0.39, 0.29) is 11.9 Å². The number of nitrogens with one attached hydrogen (secondary N) is 2. The van der Waals surface area contributed by atoms with Gasteiger partial charge in [0.15, 0.2) is 0 Å². The summed E-state index contributed by atoms with van der Waals surface area (Å²) in [5.74, 6) is -0.230. The number of amides is 4. The molecule has 0 aliphatic rings. The van der Waals surface area contributed by atoms with E-state index in [0.717, 1.165) is 17.7 Å². The number of urea groups is 1. The molecule has 4 amide bonds. The van der Waals surface area contributed by atoms with Crippen LogP contribution in [0.25, 0.3) is 5.65 Å². The van der Waals surface area contributed by atoms with Crippen LogP contribution in [-0.2, 0) is 12.8 Å². The molecule has 0 radical (unpaired) electrons. The third-order valence-electron chi connectivity index (χ3n) is 6.04. The van der Waals surface area contributed by atoms with Crippen LogP contribution in [0.2, 0.25) is 0 Å². The highest BCUT2D eigenvalue weighted by atomic mass is 16.2. The standard InChI is InChI=1S/C28H30N6O3/c1-3-23-27(33(4-2)28(37)30-17-16-19-8-6-5-7-9-19)34-18-21(12-15-24(34)32-23)26(36)31-22-13-10-20(11-14-22)25(29)35/h5-15,18H,3-4,16-17H2,1-2H3,(H2,29,35)(H,30,37)(H,31,36). The molecule has 0 aliphatic heterocycles. The molecule has 2 heterocycles. The van der Waals surface area contributed by atoms with E-state index in [2.05, 4.69) is 15.6 Å². The maximum Gasteiger partial charge on any atom is 0.323 e. The first-order valence-electron chi connectivity index (χ1n) is 12.2. The summed E-state index contributed by atoms with van der Waals surface area (Å²) < 4.78 is 1.78. The van der Waals surface area contributed by atoms with Gasteiger partial charge in [0.05, 0.1) is 11.3 Å². The minimum atomic E-state index is -0.535. The van der Waals surface area contributed by atoms with Crippen molar-refractivity contribution in [3.8, 4) is 0 Å². The van der Waals surface area contributed by atoms with Gasteiger partial charge in [-0.15, -0.1) is 0 Å². The Morgan fingerprint density at radius 3 is 2.30 bits per heavy atom. The van der Waals surface area contributed by atoms with Gasteiger partial charge in [-0.3, -0.25) is 18.9 Å². The predicted molar refractivity (Wildman–Crippen MR) is 144 cm³/mol. The number of hydrogen-bond donors (Lipinski definition) is 3. The first kappa shape index (κ1) is 25.4. The first-order chi connectivity index (χ1) is 17.9. The molecule has 0 bridgehead atoms. The lowest BCUT2D eigenvalue weighted by Gasteiger charge is -2.22. The minimum Gasteiger partial charge on any atom is -0.366 e. The van der Waals surface area contributed by atoms with E-state index in [0.29, 0.717) is 47.8 Å². The van der Waals surface area contributed by atoms with Crippen LogP contribution in [0.5, 0.6) is 0 Å². The van der Waals surface area contributed by atoms with E-state index in [1.807, 2.05) is 44.2 Å². The molecule has 9 nitrogen and oxygen atoms in total. The fraction of sp³-hybridized carbons (Fsp3) is 0.214. The summed E-state index contributed by atoms with van der Waals surface area (Å²) >= 11 is 0. The Morgan fingerprint density at radius 1 is 0.946 bits per heavy atom. The predicted octanol–water partition coefficient (Wildman–Crippen LogP) is 4.03. The Bertz CT molecular complexity index is 1410. The number of aromatic nitrogens is 2.